The topological polar surface area (TPSA) is 49.4 Å². The average Bonchev–Trinajstić information content (AvgIpc) is 2.69. The number of nitrogens with one attached hydrogen (secondary N) is 1. The fourth-order valence-corrected chi connectivity index (χ4v) is 3.47. The number of Topliss-reactive ketones (excluding diaryl/α,β-unsaturated/α-hetero) is 1. The zero-order valence-electron chi connectivity index (χ0n) is 15.4. The molecule has 0 spiro atoms. The predicted molar refractivity (Wildman–Crippen MR) is 103 cm³/mol. The molecular weight excluding hydrogens is 343 g/mol. The van der Waals surface area contributed by atoms with Gasteiger partial charge in [-0.1, -0.05) is 48.5 Å². The number of nitrogens with zero attached hydrogens (tertiary/aromatic N) is 1. The van der Waals surface area contributed by atoms with Gasteiger partial charge in [-0.15, -0.1) is 0 Å². The Morgan fingerprint density at radius 1 is 1.07 bits per heavy atom. The van der Waals surface area contributed by atoms with Crippen molar-refractivity contribution in [3.8, 4) is 0 Å². The van der Waals surface area contributed by atoms with Crippen molar-refractivity contribution in [2.45, 2.75) is 38.3 Å². The first-order valence-corrected chi connectivity index (χ1v) is 9.45. The highest BCUT2D eigenvalue weighted by Crippen LogP contribution is 2.16. The van der Waals surface area contributed by atoms with E-state index in [0.717, 1.165) is 24.9 Å². The van der Waals surface area contributed by atoms with Crippen molar-refractivity contribution in [2.75, 3.05) is 13.1 Å². The van der Waals surface area contributed by atoms with Crippen LogP contribution in [0.4, 0.5) is 4.39 Å². The maximum absolute atomic E-state index is 13.8. The van der Waals surface area contributed by atoms with Gasteiger partial charge >= 0.3 is 0 Å². The summed E-state index contributed by atoms with van der Waals surface area (Å²) in [6.45, 7) is 2.01. The monoisotopic (exact) mass is 368 g/mol. The molecule has 1 N–H and O–H groups in total. The number of hydrogen-bond acceptors (Lipinski definition) is 3. The van der Waals surface area contributed by atoms with E-state index in [1.165, 1.54) is 6.07 Å². The molecule has 1 fully saturated rings. The van der Waals surface area contributed by atoms with Crippen LogP contribution in [0.15, 0.2) is 54.6 Å². The number of rotatable bonds is 7. The van der Waals surface area contributed by atoms with Crippen LogP contribution in [0.25, 0.3) is 0 Å². The van der Waals surface area contributed by atoms with Gasteiger partial charge in [0.05, 0.1) is 0 Å². The van der Waals surface area contributed by atoms with Crippen molar-refractivity contribution >= 4 is 11.7 Å². The molecule has 0 unspecified atom stereocenters. The smallest absolute Gasteiger partial charge is 0.287 e. The number of carbonyl (C=O) groups excluding carboxylic acids is 2. The SMILES string of the molecule is O=C(CCc1ccccc1)C(=O)N[C@@H]1CCCN(Cc2ccccc2F)C1. The third kappa shape index (κ3) is 5.73. The Hall–Kier alpha value is -2.53. The predicted octanol–water partition coefficient (Wildman–Crippen LogP) is 3.11. The van der Waals surface area contributed by atoms with Gasteiger partial charge in [-0.05, 0) is 37.4 Å². The van der Waals surface area contributed by atoms with E-state index in [1.54, 1.807) is 12.1 Å². The van der Waals surface area contributed by atoms with Crippen LogP contribution in [-0.4, -0.2) is 35.7 Å². The Balaban J connectivity index is 1.47. The summed E-state index contributed by atoms with van der Waals surface area (Å²) < 4.78 is 13.8. The largest absolute Gasteiger partial charge is 0.345 e. The fourth-order valence-electron chi connectivity index (χ4n) is 3.47. The second kappa shape index (κ2) is 9.42. The normalized spacial score (nSPS) is 17.4. The summed E-state index contributed by atoms with van der Waals surface area (Å²) in [5.41, 5.74) is 1.70. The van der Waals surface area contributed by atoms with Gasteiger partial charge < -0.3 is 5.32 Å². The molecular formula is C22H25FN2O2. The number of benzene rings is 2. The Labute approximate surface area is 159 Å². The molecule has 0 aliphatic carbocycles. The third-order valence-corrected chi connectivity index (χ3v) is 4.93. The molecule has 27 heavy (non-hydrogen) atoms. The van der Waals surface area contributed by atoms with Crippen molar-refractivity contribution in [1.29, 1.82) is 0 Å². The van der Waals surface area contributed by atoms with Crippen LogP contribution in [0.2, 0.25) is 0 Å². The maximum atomic E-state index is 13.8. The number of carbonyl (C=O) groups is 2. The first-order chi connectivity index (χ1) is 13.1. The second-order valence-electron chi connectivity index (χ2n) is 7.05. The van der Waals surface area contributed by atoms with Gasteiger partial charge in [0.15, 0.2) is 0 Å². The van der Waals surface area contributed by atoms with Gasteiger partial charge in [-0.2, -0.15) is 0 Å². The molecule has 1 atom stereocenters. The van der Waals surface area contributed by atoms with Crippen LogP contribution in [0.1, 0.15) is 30.4 Å². The van der Waals surface area contributed by atoms with Gasteiger partial charge in [0.2, 0.25) is 5.78 Å². The van der Waals surface area contributed by atoms with E-state index in [-0.39, 0.29) is 24.1 Å². The summed E-state index contributed by atoms with van der Waals surface area (Å²) in [7, 11) is 0. The molecule has 0 radical (unpaired) electrons. The lowest BCUT2D eigenvalue weighted by molar-refractivity contribution is -0.138. The van der Waals surface area contributed by atoms with Crippen LogP contribution in [0, 0.1) is 5.82 Å². The lowest BCUT2D eigenvalue weighted by Gasteiger charge is -2.33. The first-order valence-electron chi connectivity index (χ1n) is 9.45. The number of hydrogen-bond donors (Lipinski definition) is 1. The van der Waals surface area contributed by atoms with Gasteiger partial charge in [0.25, 0.3) is 5.91 Å². The number of amides is 1. The lowest BCUT2D eigenvalue weighted by atomic mass is 10.0. The van der Waals surface area contributed by atoms with Crippen LogP contribution in [0.5, 0.6) is 0 Å². The molecule has 2 aromatic carbocycles. The number of likely N-dealkylation sites (tertiary alicyclic amines) is 1. The van der Waals surface area contributed by atoms with Crippen molar-refractivity contribution in [3.05, 3.63) is 71.5 Å². The Morgan fingerprint density at radius 3 is 2.59 bits per heavy atom. The van der Waals surface area contributed by atoms with Crippen LogP contribution >= 0.6 is 0 Å². The summed E-state index contributed by atoms with van der Waals surface area (Å²) in [5.74, 6) is -1.10. The molecule has 0 saturated carbocycles. The fraction of sp³-hybridized carbons (Fsp3) is 0.364. The van der Waals surface area contributed by atoms with Crippen LogP contribution < -0.4 is 5.32 Å². The highest BCUT2D eigenvalue weighted by molar-refractivity contribution is 6.36. The van der Waals surface area contributed by atoms with E-state index >= 15 is 0 Å². The van der Waals surface area contributed by atoms with Crippen LogP contribution in [-0.2, 0) is 22.6 Å². The van der Waals surface area contributed by atoms with Crippen molar-refractivity contribution in [1.82, 2.24) is 10.2 Å². The van der Waals surface area contributed by atoms with Gasteiger partial charge in [-0.3, -0.25) is 14.5 Å². The van der Waals surface area contributed by atoms with E-state index in [9.17, 15) is 14.0 Å². The summed E-state index contributed by atoms with van der Waals surface area (Å²) in [6.07, 6.45) is 2.53. The quantitative estimate of drug-likeness (QED) is 0.764. The molecule has 0 bridgehead atoms. The van der Waals surface area contributed by atoms with E-state index < -0.39 is 5.91 Å². The molecule has 1 aliphatic rings. The first kappa shape index (κ1) is 19.2. The molecule has 5 heteroatoms. The minimum Gasteiger partial charge on any atom is -0.345 e. The molecule has 2 aromatic rings. The van der Waals surface area contributed by atoms with Gasteiger partial charge in [0, 0.05) is 31.1 Å². The molecule has 1 heterocycles. The molecule has 3 rings (SSSR count). The summed E-state index contributed by atoms with van der Waals surface area (Å²) in [6, 6.07) is 16.4. The average molecular weight is 368 g/mol. The number of aryl methyl sites for hydroxylation is 1. The van der Waals surface area contributed by atoms with Crippen molar-refractivity contribution in [3.63, 3.8) is 0 Å². The van der Waals surface area contributed by atoms with Crippen LogP contribution in [0.3, 0.4) is 0 Å². The van der Waals surface area contributed by atoms with E-state index in [4.69, 9.17) is 0 Å². The number of piperidine rings is 1. The van der Waals surface area contributed by atoms with Crippen molar-refractivity contribution < 1.29 is 14.0 Å². The number of ketones is 1. The number of halogens is 1. The van der Waals surface area contributed by atoms with Gasteiger partial charge in [0.1, 0.15) is 5.82 Å². The Morgan fingerprint density at radius 2 is 1.81 bits per heavy atom. The zero-order chi connectivity index (χ0) is 19.1. The zero-order valence-corrected chi connectivity index (χ0v) is 15.4. The highest BCUT2D eigenvalue weighted by Gasteiger charge is 2.24. The van der Waals surface area contributed by atoms with E-state index in [1.807, 2.05) is 36.4 Å². The molecule has 4 nitrogen and oxygen atoms in total. The summed E-state index contributed by atoms with van der Waals surface area (Å²) in [5, 5.41) is 2.86. The molecule has 1 aliphatic heterocycles. The van der Waals surface area contributed by atoms with Crippen molar-refractivity contribution in [2.24, 2.45) is 0 Å². The van der Waals surface area contributed by atoms with Gasteiger partial charge in [-0.25, -0.2) is 4.39 Å². The lowest BCUT2D eigenvalue weighted by Crippen LogP contribution is -2.49. The third-order valence-electron chi connectivity index (χ3n) is 4.93. The molecule has 1 amide bonds. The molecule has 1 saturated heterocycles. The van der Waals surface area contributed by atoms with E-state index in [0.29, 0.717) is 25.1 Å². The summed E-state index contributed by atoms with van der Waals surface area (Å²) in [4.78, 5) is 26.5. The minimum atomic E-state index is -0.510. The maximum Gasteiger partial charge on any atom is 0.287 e. The summed E-state index contributed by atoms with van der Waals surface area (Å²) >= 11 is 0. The molecule has 0 aromatic heterocycles. The second-order valence-corrected chi connectivity index (χ2v) is 7.05. The Kier molecular flexibility index (Phi) is 6.71. The highest BCUT2D eigenvalue weighted by atomic mass is 19.1. The Bertz CT molecular complexity index is 779. The minimum absolute atomic E-state index is 0.0706. The molecule has 142 valence electrons. The standard InChI is InChI=1S/C22H25FN2O2/c23-20-11-5-4-9-18(20)15-25-14-6-10-19(16-25)24-22(27)21(26)13-12-17-7-2-1-3-8-17/h1-5,7-9,11,19H,6,10,12-16H2,(H,24,27)/t19-/m1/s1. The van der Waals surface area contributed by atoms with E-state index in [2.05, 4.69) is 10.2 Å².